The van der Waals surface area contributed by atoms with Crippen molar-refractivity contribution in [1.82, 2.24) is 5.32 Å². The van der Waals surface area contributed by atoms with E-state index in [1.807, 2.05) is 43.3 Å². The molecule has 6 heteroatoms. The van der Waals surface area contributed by atoms with E-state index in [0.717, 1.165) is 24.1 Å². The quantitative estimate of drug-likeness (QED) is 0.502. The maximum absolute atomic E-state index is 12.0. The Labute approximate surface area is 166 Å². The summed E-state index contributed by atoms with van der Waals surface area (Å²) in [5.74, 6) is -0.168. The van der Waals surface area contributed by atoms with Crippen LogP contribution in [0.3, 0.4) is 0 Å². The van der Waals surface area contributed by atoms with Crippen LogP contribution in [-0.4, -0.2) is 39.2 Å². The van der Waals surface area contributed by atoms with Crippen molar-refractivity contribution < 1.29 is 19.1 Å². The van der Waals surface area contributed by atoms with Gasteiger partial charge >= 0.3 is 5.97 Å². The zero-order chi connectivity index (χ0) is 20.4. The molecule has 0 aromatic heterocycles. The molecular formula is C22H28N2O4. The van der Waals surface area contributed by atoms with Crippen molar-refractivity contribution in [3.63, 3.8) is 0 Å². The van der Waals surface area contributed by atoms with Gasteiger partial charge in [0.25, 0.3) is 5.91 Å². The molecule has 0 aliphatic rings. The number of carbonyl (C=O) groups excluding carboxylic acids is 2. The Hall–Kier alpha value is -3.02. The minimum atomic E-state index is -0.536. The lowest BCUT2D eigenvalue weighted by molar-refractivity contribution is -0.124. The summed E-state index contributed by atoms with van der Waals surface area (Å²) in [6, 6.07) is 14.6. The van der Waals surface area contributed by atoms with E-state index in [-0.39, 0.29) is 12.5 Å². The molecular weight excluding hydrogens is 356 g/mol. The van der Waals surface area contributed by atoms with Crippen molar-refractivity contribution in [2.45, 2.75) is 26.3 Å². The number of nitrogens with one attached hydrogen (secondary N) is 1. The first-order chi connectivity index (χ1) is 13.5. The number of unbranched alkanes of at least 4 members (excludes halogenated alkanes) is 1. The summed E-state index contributed by atoms with van der Waals surface area (Å²) in [6.45, 7) is 2.81. The lowest BCUT2D eigenvalue weighted by atomic mass is 10.2. The number of rotatable bonds is 10. The Morgan fingerprint density at radius 2 is 1.68 bits per heavy atom. The van der Waals surface area contributed by atoms with E-state index in [4.69, 9.17) is 9.47 Å². The van der Waals surface area contributed by atoms with Gasteiger partial charge in [-0.1, -0.05) is 25.5 Å². The maximum Gasteiger partial charge on any atom is 0.338 e. The largest absolute Gasteiger partial charge is 0.494 e. The summed E-state index contributed by atoms with van der Waals surface area (Å²) < 4.78 is 10.6. The molecule has 0 spiro atoms. The number of hydrogen-bond acceptors (Lipinski definition) is 5. The molecule has 0 bridgehead atoms. The van der Waals surface area contributed by atoms with Gasteiger partial charge in [-0.15, -0.1) is 0 Å². The van der Waals surface area contributed by atoms with E-state index in [1.165, 1.54) is 0 Å². The zero-order valence-corrected chi connectivity index (χ0v) is 16.7. The number of nitrogens with zero attached hydrogens (tertiary/aromatic N) is 1. The second kappa shape index (κ2) is 11.0. The van der Waals surface area contributed by atoms with Crippen LogP contribution in [0.2, 0.25) is 0 Å². The number of esters is 1. The molecule has 0 fully saturated rings. The molecule has 0 saturated heterocycles. The van der Waals surface area contributed by atoms with Crippen LogP contribution >= 0.6 is 0 Å². The molecule has 150 valence electrons. The van der Waals surface area contributed by atoms with Gasteiger partial charge in [0.1, 0.15) is 5.75 Å². The summed E-state index contributed by atoms with van der Waals surface area (Å²) in [5, 5.41) is 2.74. The number of anilines is 1. The van der Waals surface area contributed by atoms with E-state index in [0.29, 0.717) is 24.5 Å². The van der Waals surface area contributed by atoms with E-state index >= 15 is 0 Å². The van der Waals surface area contributed by atoms with Crippen LogP contribution in [0, 0.1) is 0 Å². The van der Waals surface area contributed by atoms with Gasteiger partial charge in [-0.2, -0.15) is 0 Å². The minimum absolute atomic E-state index is 0.316. The molecule has 0 atom stereocenters. The third-order valence-corrected chi connectivity index (χ3v) is 4.13. The summed E-state index contributed by atoms with van der Waals surface area (Å²) in [4.78, 5) is 26.0. The van der Waals surface area contributed by atoms with Crippen molar-refractivity contribution >= 4 is 17.6 Å². The van der Waals surface area contributed by atoms with Gasteiger partial charge in [0, 0.05) is 26.3 Å². The molecule has 2 aromatic rings. The first-order valence-corrected chi connectivity index (χ1v) is 9.42. The van der Waals surface area contributed by atoms with E-state index in [2.05, 4.69) is 12.2 Å². The van der Waals surface area contributed by atoms with Crippen LogP contribution in [0.25, 0.3) is 0 Å². The van der Waals surface area contributed by atoms with Crippen LogP contribution in [0.1, 0.15) is 35.7 Å². The van der Waals surface area contributed by atoms with Crippen LogP contribution in [-0.2, 0) is 16.1 Å². The number of amides is 1. The van der Waals surface area contributed by atoms with Gasteiger partial charge < -0.3 is 19.7 Å². The molecule has 1 N–H and O–H groups in total. The summed E-state index contributed by atoms with van der Waals surface area (Å²) in [6.07, 6.45) is 2.05. The normalized spacial score (nSPS) is 10.2. The molecule has 2 aromatic carbocycles. The highest BCUT2D eigenvalue weighted by Crippen LogP contribution is 2.14. The van der Waals surface area contributed by atoms with Gasteiger partial charge in [0.2, 0.25) is 0 Å². The Bertz CT molecular complexity index is 755. The highest BCUT2D eigenvalue weighted by atomic mass is 16.5. The molecule has 0 radical (unpaired) electrons. The van der Waals surface area contributed by atoms with Crippen molar-refractivity contribution in [3.8, 4) is 5.75 Å². The van der Waals surface area contributed by atoms with Crippen LogP contribution < -0.4 is 15.0 Å². The highest BCUT2D eigenvalue weighted by molar-refractivity contribution is 5.91. The molecule has 28 heavy (non-hydrogen) atoms. The molecule has 0 unspecified atom stereocenters. The van der Waals surface area contributed by atoms with Gasteiger partial charge in [-0.3, -0.25) is 4.79 Å². The second-order valence-electron chi connectivity index (χ2n) is 6.64. The fraction of sp³-hybridized carbons (Fsp3) is 0.364. The molecule has 1 amide bonds. The predicted octanol–water partition coefficient (Wildman–Crippen LogP) is 3.40. The SMILES string of the molecule is CCCCOc1ccc(C(=O)OCC(=O)NCc2ccc(N(C)C)cc2)cc1. The van der Waals surface area contributed by atoms with E-state index in [9.17, 15) is 9.59 Å². The third kappa shape index (κ3) is 6.95. The zero-order valence-electron chi connectivity index (χ0n) is 16.7. The number of carbonyl (C=O) groups is 2. The third-order valence-electron chi connectivity index (χ3n) is 4.13. The summed E-state index contributed by atoms with van der Waals surface area (Å²) in [5.41, 5.74) is 2.45. The standard InChI is InChI=1S/C22H28N2O4/c1-4-5-14-27-20-12-8-18(9-13-20)22(26)28-16-21(25)23-15-17-6-10-19(11-7-17)24(2)3/h6-13H,4-5,14-16H2,1-3H3,(H,23,25). The number of hydrogen-bond donors (Lipinski definition) is 1. The monoisotopic (exact) mass is 384 g/mol. The van der Waals surface area contributed by atoms with Gasteiger partial charge in [-0.05, 0) is 48.4 Å². The van der Waals surface area contributed by atoms with Crippen LogP contribution in [0.15, 0.2) is 48.5 Å². The Balaban J connectivity index is 1.73. The van der Waals surface area contributed by atoms with Crippen molar-refractivity contribution in [2.75, 3.05) is 32.2 Å². The van der Waals surface area contributed by atoms with E-state index in [1.54, 1.807) is 24.3 Å². The van der Waals surface area contributed by atoms with Crippen molar-refractivity contribution in [2.24, 2.45) is 0 Å². The highest BCUT2D eigenvalue weighted by Gasteiger charge is 2.10. The predicted molar refractivity (Wildman–Crippen MR) is 110 cm³/mol. The smallest absolute Gasteiger partial charge is 0.338 e. The Kier molecular flexibility index (Phi) is 8.34. The molecule has 0 heterocycles. The molecule has 6 nitrogen and oxygen atoms in total. The minimum Gasteiger partial charge on any atom is -0.494 e. The Morgan fingerprint density at radius 3 is 2.29 bits per heavy atom. The van der Waals surface area contributed by atoms with Gasteiger partial charge in [0.05, 0.1) is 12.2 Å². The molecule has 0 aliphatic heterocycles. The van der Waals surface area contributed by atoms with E-state index < -0.39 is 5.97 Å². The molecule has 0 saturated carbocycles. The second-order valence-corrected chi connectivity index (χ2v) is 6.64. The van der Waals surface area contributed by atoms with Crippen LogP contribution in [0.4, 0.5) is 5.69 Å². The number of ether oxygens (including phenoxy) is 2. The topological polar surface area (TPSA) is 67.9 Å². The Morgan fingerprint density at radius 1 is 1.00 bits per heavy atom. The average Bonchev–Trinajstić information content (AvgIpc) is 2.71. The first-order valence-electron chi connectivity index (χ1n) is 9.42. The molecule has 2 rings (SSSR count). The fourth-order valence-electron chi connectivity index (χ4n) is 2.40. The maximum atomic E-state index is 12.0. The fourth-order valence-corrected chi connectivity index (χ4v) is 2.40. The average molecular weight is 384 g/mol. The lowest BCUT2D eigenvalue weighted by Gasteiger charge is -2.13. The summed E-state index contributed by atoms with van der Waals surface area (Å²) >= 11 is 0. The van der Waals surface area contributed by atoms with Crippen molar-refractivity contribution in [3.05, 3.63) is 59.7 Å². The van der Waals surface area contributed by atoms with Gasteiger partial charge in [-0.25, -0.2) is 4.79 Å². The number of benzene rings is 2. The lowest BCUT2D eigenvalue weighted by Crippen LogP contribution is -2.28. The van der Waals surface area contributed by atoms with Crippen molar-refractivity contribution in [1.29, 1.82) is 0 Å². The molecule has 0 aliphatic carbocycles. The van der Waals surface area contributed by atoms with Crippen LogP contribution in [0.5, 0.6) is 5.75 Å². The van der Waals surface area contributed by atoms with Gasteiger partial charge in [0.15, 0.2) is 6.61 Å². The first kappa shape index (κ1) is 21.3. The summed E-state index contributed by atoms with van der Waals surface area (Å²) in [7, 11) is 3.94.